The minimum absolute atomic E-state index is 0.196. The topological polar surface area (TPSA) is 59.6 Å². The number of nitrogens with two attached hydrogens (primary N) is 1. The molecule has 1 aromatic heterocycles. The van der Waals surface area contributed by atoms with Crippen molar-refractivity contribution >= 4 is 12.2 Å². The summed E-state index contributed by atoms with van der Waals surface area (Å²) < 4.78 is 15.3. The molecule has 0 fully saturated rings. The molecule has 0 saturated heterocycles. The molecule has 0 radical (unpaired) electrons. The molecule has 78 valence electrons. The molecule has 1 aromatic carbocycles. The molecule has 0 spiro atoms. The Morgan fingerprint density at radius 3 is 2.87 bits per heavy atom. The standard InChI is InChI=1S/C9H9FN4S/c10-6-3-1-2-4-7(6)14-8(5-11)12-13-9(14)15/h1-4H,5,11H2,(H,13,15). The smallest absolute Gasteiger partial charge is 0.200 e. The van der Waals surface area contributed by atoms with Gasteiger partial charge in [0.15, 0.2) is 4.77 Å². The summed E-state index contributed by atoms with van der Waals surface area (Å²) in [5.74, 6) is 0.148. The summed E-state index contributed by atoms with van der Waals surface area (Å²) in [5, 5.41) is 6.49. The first-order valence-electron chi connectivity index (χ1n) is 4.35. The number of aromatic nitrogens is 3. The van der Waals surface area contributed by atoms with Gasteiger partial charge in [0.05, 0.1) is 12.2 Å². The minimum atomic E-state index is -0.357. The van der Waals surface area contributed by atoms with Crippen molar-refractivity contribution in [1.29, 1.82) is 0 Å². The third-order valence-corrected chi connectivity index (χ3v) is 2.29. The Morgan fingerprint density at radius 2 is 2.20 bits per heavy atom. The number of rotatable bonds is 2. The van der Waals surface area contributed by atoms with Gasteiger partial charge in [-0.3, -0.25) is 9.67 Å². The molecule has 0 atom stereocenters. The highest BCUT2D eigenvalue weighted by molar-refractivity contribution is 7.71. The van der Waals surface area contributed by atoms with Crippen molar-refractivity contribution in [2.45, 2.75) is 6.54 Å². The molecule has 2 aromatic rings. The molecule has 0 aliphatic carbocycles. The molecule has 6 heteroatoms. The zero-order valence-corrected chi connectivity index (χ0v) is 8.59. The Balaban J connectivity index is 2.68. The van der Waals surface area contributed by atoms with Gasteiger partial charge in [-0.25, -0.2) is 4.39 Å². The fraction of sp³-hybridized carbons (Fsp3) is 0.111. The maximum absolute atomic E-state index is 13.5. The van der Waals surface area contributed by atoms with Crippen LogP contribution in [-0.2, 0) is 6.54 Å². The van der Waals surface area contributed by atoms with Crippen LogP contribution in [0.3, 0.4) is 0 Å². The first-order valence-corrected chi connectivity index (χ1v) is 4.76. The monoisotopic (exact) mass is 224 g/mol. The van der Waals surface area contributed by atoms with E-state index in [4.69, 9.17) is 18.0 Å². The van der Waals surface area contributed by atoms with Gasteiger partial charge in [0.2, 0.25) is 0 Å². The van der Waals surface area contributed by atoms with E-state index < -0.39 is 0 Å². The maximum Gasteiger partial charge on any atom is 0.200 e. The van der Waals surface area contributed by atoms with Crippen LogP contribution in [-0.4, -0.2) is 14.8 Å². The molecule has 0 amide bonds. The van der Waals surface area contributed by atoms with Gasteiger partial charge in [-0.1, -0.05) is 12.1 Å². The van der Waals surface area contributed by atoms with Gasteiger partial charge < -0.3 is 5.73 Å². The summed E-state index contributed by atoms with van der Waals surface area (Å²) in [6, 6.07) is 6.34. The van der Waals surface area contributed by atoms with Crippen LogP contribution in [0, 0.1) is 10.6 Å². The highest BCUT2D eigenvalue weighted by Crippen LogP contribution is 2.14. The second-order valence-corrected chi connectivity index (χ2v) is 3.32. The van der Waals surface area contributed by atoms with Gasteiger partial charge >= 0.3 is 0 Å². The van der Waals surface area contributed by atoms with E-state index >= 15 is 0 Å². The van der Waals surface area contributed by atoms with Crippen molar-refractivity contribution in [2.24, 2.45) is 5.73 Å². The highest BCUT2D eigenvalue weighted by Gasteiger charge is 2.09. The molecule has 0 bridgehead atoms. The van der Waals surface area contributed by atoms with Crippen LogP contribution in [0.1, 0.15) is 5.82 Å². The number of para-hydroxylation sites is 1. The molecular formula is C9H9FN4S. The molecule has 0 aliphatic rings. The normalized spacial score (nSPS) is 10.5. The number of nitrogens with zero attached hydrogens (tertiary/aromatic N) is 2. The second kappa shape index (κ2) is 3.92. The van der Waals surface area contributed by atoms with Gasteiger partial charge in [-0.2, -0.15) is 5.10 Å². The van der Waals surface area contributed by atoms with E-state index in [-0.39, 0.29) is 12.4 Å². The van der Waals surface area contributed by atoms with Crippen molar-refractivity contribution in [3.8, 4) is 5.69 Å². The Labute approximate surface area is 90.5 Å². The molecule has 0 aliphatic heterocycles. The third-order valence-electron chi connectivity index (χ3n) is 2.02. The van der Waals surface area contributed by atoms with Crippen LogP contribution >= 0.6 is 12.2 Å². The zero-order chi connectivity index (χ0) is 10.8. The Kier molecular flexibility index (Phi) is 2.61. The van der Waals surface area contributed by atoms with E-state index in [0.29, 0.717) is 16.3 Å². The first kappa shape index (κ1) is 10.0. The van der Waals surface area contributed by atoms with Gasteiger partial charge in [-0.05, 0) is 24.4 Å². The largest absolute Gasteiger partial charge is 0.324 e. The summed E-state index contributed by atoms with van der Waals surface area (Å²) in [5.41, 5.74) is 5.84. The number of nitrogens with one attached hydrogen (secondary N) is 1. The van der Waals surface area contributed by atoms with Crippen molar-refractivity contribution in [1.82, 2.24) is 14.8 Å². The van der Waals surface area contributed by atoms with Gasteiger partial charge in [-0.15, -0.1) is 0 Å². The van der Waals surface area contributed by atoms with Crippen molar-refractivity contribution in [3.63, 3.8) is 0 Å². The lowest BCUT2D eigenvalue weighted by Crippen LogP contribution is -2.08. The number of hydrogen-bond acceptors (Lipinski definition) is 3. The van der Waals surface area contributed by atoms with Gasteiger partial charge in [0.25, 0.3) is 0 Å². The molecule has 0 saturated carbocycles. The van der Waals surface area contributed by atoms with Crippen molar-refractivity contribution in [2.75, 3.05) is 0 Å². The third kappa shape index (κ3) is 1.69. The molecule has 0 unspecified atom stereocenters. The van der Waals surface area contributed by atoms with Crippen LogP contribution in [0.25, 0.3) is 5.69 Å². The Hall–Kier alpha value is -1.53. The highest BCUT2D eigenvalue weighted by atomic mass is 32.1. The fourth-order valence-electron chi connectivity index (χ4n) is 1.35. The van der Waals surface area contributed by atoms with E-state index in [0.717, 1.165) is 0 Å². The van der Waals surface area contributed by atoms with Crippen molar-refractivity contribution < 1.29 is 4.39 Å². The minimum Gasteiger partial charge on any atom is -0.324 e. The van der Waals surface area contributed by atoms with Crippen LogP contribution in [0.15, 0.2) is 24.3 Å². The van der Waals surface area contributed by atoms with Crippen LogP contribution in [0.2, 0.25) is 0 Å². The van der Waals surface area contributed by atoms with Crippen molar-refractivity contribution in [3.05, 3.63) is 40.7 Å². The Morgan fingerprint density at radius 1 is 1.47 bits per heavy atom. The first-order chi connectivity index (χ1) is 7.24. The van der Waals surface area contributed by atoms with E-state index in [1.165, 1.54) is 10.6 Å². The average Bonchev–Trinajstić information content (AvgIpc) is 2.60. The van der Waals surface area contributed by atoms with E-state index in [2.05, 4.69) is 10.2 Å². The molecule has 2 rings (SSSR count). The van der Waals surface area contributed by atoms with E-state index in [1.807, 2.05) is 0 Å². The quantitative estimate of drug-likeness (QED) is 0.760. The number of hydrogen-bond donors (Lipinski definition) is 2. The van der Waals surface area contributed by atoms with Crippen LogP contribution in [0.5, 0.6) is 0 Å². The van der Waals surface area contributed by atoms with E-state index in [9.17, 15) is 4.39 Å². The fourth-order valence-corrected chi connectivity index (χ4v) is 1.60. The maximum atomic E-state index is 13.5. The number of benzene rings is 1. The number of aromatic amines is 1. The average molecular weight is 224 g/mol. The molecule has 1 heterocycles. The summed E-state index contributed by atoms with van der Waals surface area (Å²) in [6.07, 6.45) is 0. The molecule has 15 heavy (non-hydrogen) atoms. The zero-order valence-electron chi connectivity index (χ0n) is 7.77. The van der Waals surface area contributed by atoms with Crippen LogP contribution < -0.4 is 5.73 Å². The van der Waals surface area contributed by atoms with E-state index in [1.54, 1.807) is 18.2 Å². The summed E-state index contributed by atoms with van der Waals surface area (Å²) in [6.45, 7) is 0.196. The predicted molar refractivity (Wildman–Crippen MR) is 56.6 cm³/mol. The second-order valence-electron chi connectivity index (χ2n) is 2.94. The lowest BCUT2D eigenvalue weighted by atomic mass is 10.3. The summed E-state index contributed by atoms with van der Waals surface area (Å²) >= 11 is 5.00. The molecule has 4 nitrogen and oxygen atoms in total. The summed E-state index contributed by atoms with van der Waals surface area (Å²) in [4.78, 5) is 0. The SMILES string of the molecule is NCc1n[nH]c(=S)n1-c1ccccc1F. The number of halogens is 1. The molecule has 3 N–H and O–H groups in total. The van der Waals surface area contributed by atoms with Gasteiger partial charge in [0, 0.05) is 0 Å². The predicted octanol–water partition coefficient (Wildman–Crippen LogP) is 1.53. The number of H-pyrrole nitrogens is 1. The lowest BCUT2D eigenvalue weighted by molar-refractivity contribution is 0.614. The summed E-state index contributed by atoms with van der Waals surface area (Å²) in [7, 11) is 0. The molecular weight excluding hydrogens is 215 g/mol. The Bertz CT molecular complexity index is 531. The lowest BCUT2D eigenvalue weighted by Gasteiger charge is -2.05. The van der Waals surface area contributed by atoms with Crippen LogP contribution in [0.4, 0.5) is 4.39 Å². The van der Waals surface area contributed by atoms with Gasteiger partial charge in [0.1, 0.15) is 11.6 Å².